The smallest absolute Gasteiger partial charge is 0.260 e. The molecule has 1 unspecified atom stereocenters. The van der Waals surface area contributed by atoms with Crippen LogP contribution in [0.5, 0.6) is 5.75 Å². The molecule has 0 saturated heterocycles. The Morgan fingerprint density at radius 3 is 2.66 bits per heavy atom. The third-order valence-corrected chi connectivity index (χ3v) is 4.34. The molecule has 0 aliphatic rings. The highest BCUT2D eigenvalue weighted by Crippen LogP contribution is 2.15. The molecule has 1 aromatic heterocycles. The molecule has 0 fully saturated rings. The van der Waals surface area contributed by atoms with Crippen LogP contribution in [0.25, 0.3) is 11.3 Å². The molecule has 0 bridgehead atoms. The molecule has 0 spiro atoms. The van der Waals surface area contributed by atoms with Crippen LogP contribution in [0.1, 0.15) is 12.5 Å². The van der Waals surface area contributed by atoms with Gasteiger partial charge in [-0.15, -0.1) is 0 Å². The highest BCUT2D eigenvalue weighted by Gasteiger charge is 2.14. The van der Waals surface area contributed by atoms with Crippen molar-refractivity contribution in [3.05, 3.63) is 82.7 Å². The minimum absolute atomic E-state index is 0.252. The number of ether oxygens (including phenoxy) is 1. The Kier molecular flexibility index (Phi) is 6.39. The van der Waals surface area contributed by atoms with Gasteiger partial charge in [0.2, 0.25) is 0 Å². The van der Waals surface area contributed by atoms with E-state index in [1.54, 1.807) is 25.1 Å². The van der Waals surface area contributed by atoms with Crippen LogP contribution in [0.4, 0.5) is 4.39 Å². The van der Waals surface area contributed by atoms with Crippen molar-refractivity contribution in [1.82, 2.24) is 14.9 Å². The van der Waals surface area contributed by atoms with Crippen LogP contribution >= 0.6 is 0 Å². The first-order valence-corrected chi connectivity index (χ1v) is 9.26. The van der Waals surface area contributed by atoms with Gasteiger partial charge in [0.05, 0.1) is 12.0 Å². The van der Waals surface area contributed by atoms with E-state index < -0.39 is 6.10 Å². The summed E-state index contributed by atoms with van der Waals surface area (Å²) in [5, 5.41) is 2.75. The van der Waals surface area contributed by atoms with Crippen molar-refractivity contribution in [2.75, 3.05) is 6.54 Å². The number of halogens is 1. The van der Waals surface area contributed by atoms with E-state index in [0.717, 1.165) is 5.56 Å². The average Bonchev–Trinajstić information content (AvgIpc) is 2.69. The summed E-state index contributed by atoms with van der Waals surface area (Å²) in [6.07, 6.45) is 0.757. The van der Waals surface area contributed by atoms with Gasteiger partial charge in [0.15, 0.2) is 6.10 Å². The topological polar surface area (TPSA) is 73.2 Å². The fraction of sp³-hybridized carbons (Fsp3) is 0.227. The molecule has 0 aliphatic carbocycles. The Morgan fingerprint density at radius 2 is 1.97 bits per heavy atom. The molecule has 150 valence electrons. The Balaban J connectivity index is 1.54. The van der Waals surface area contributed by atoms with Crippen molar-refractivity contribution >= 4 is 5.91 Å². The summed E-state index contributed by atoms with van der Waals surface area (Å²) in [6.45, 7) is 4.16. The van der Waals surface area contributed by atoms with Crippen molar-refractivity contribution in [2.45, 2.75) is 26.5 Å². The van der Waals surface area contributed by atoms with Gasteiger partial charge in [-0.05, 0) is 55.8 Å². The maximum Gasteiger partial charge on any atom is 0.260 e. The van der Waals surface area contributed by atoms with Crippen molar-refractivity contribution in [2.24, 2.45) is 0 Å². The first-order valence-electron chi connectivity index (χ1n) is 9.26. The number of nitrogens with zero attached hydrogens (tertiary/aromatic N) is 2. The van der Waals surface area contributed by atoms with Crippen LogP contribution in [0.15, 0.2) is 65.7 Å². The summed E-state index contributed by atoms with van der Waals surface area (Å²) >= 11 is 0. The van der Waals surface area contributed by atoms with Gasteiger partial charge < -0.3 is 10.1 Å². The van der Waals surface area contributed by atoms with Gasteiger partial charge >= 0.3 is 0 Å². The SMILES string of the molecule is Cc1cccc(OC(C)C(=O)NCCn2cnc(-c3ccc(F)cc3)cc2=O)c1. The molecule has 29 heavy (non-hydrogen) atoms. The number of nitrogens with one attached hydrogen (secondary N) is 1. The summed E-state index contributed by atoms with van der Waals surface area (Å²) in [5.74, 6) is 0.0124. The number of rotatable bonds is 7. The largest absolute Gasteiger partial charge is 0.481 e. The van der Waals surface area contributed by atoms with Gasteiger partial charge in [-0.25, -0.2) is 9.37 Å². The molecule has 1 heterocycles. The zero-order chi connectivity index (χ0) is 20.8. The van der Waals surface area contributed by atoms with E-state index in [0.29, 0.717) is 17.0 Å². The third kappa shape index (κ3) is 5.51. The lowest BCUT2D eigenvalue weighted by Gasteiger charge is -2.15. The third-order valence-electron chi connectivity index (χ3n) is 4.34. The predicted octanol–water partition coefficient (Wildman–Crippen LogP) is 2.94. The second kappa shape index (κ2) is 9.14. The van der Waals surface area contributed by atoms with Crippen LogP contribution in [0.3, 0.4) is 0 Å². The zero-order valence-electron chi connectivity index (χ0n) is 16.3. The van der Waals surface area contributed by atoms with Gasteiger partial charge in [0.25, 0.3) is 11.5 Å². The number of hydrogen-bond acceptors (Lipinski definition) is 4. The van der Waals surface area contributed by atoms with Crippen LogP contribution in [-0.2, 0) is 11.3 Å². The van der Waals surface area contributed by atoms with Crippen LogP contribution < -0.4 is 15.6 Å². The average molecular weight is 395 g/mol. The summed E-state index contributed by atoms with van der Waals surface area (Å²) in [7, 11) is 0. The van der Waals surface area contributed by atoms with Gasteiger partial charge in [-0.2, -0.15) is 0 Å². The number of amides is 1. The van der Waals surface area contributed by atoms with E-state index in [2.05, 4.69) is 10.3 Å². The van der Waals surface area contributed by atoms with E-state index in [1.807, 2.05) is 25.1 Å². The number of carbonyl (C=O) groups excluding carboxylic acids is 1. The number of carbonyl (C=O) groups is 1. The van der Waals surface area contributed by atoms with Crippen LogP contribution in [0.2, 0.25) is 0 Å². The first-order chi connectivity index (χ1) is 13.9. The van der Waals surface area contributed by atoms with E-state index in [4.69, 9.17) is 4.74 Å². The molecule has 3 rings (SSSR count). The molecule has 1 amide bonds. The van der Waals surface area contributed by atoms with Crippen molar-refractivity contribution in [1.29, 1.82) is 0 Å². The minimum Gasteiger partial charge on any atom is -0.481 e. The second-order valence-corrected chi connectivity index (χ2v) is 6.68. The standard InChI is InChI=1S/C22H22FN3O3/c1-15-4-3-5-19(12-15)29-16(2)22(28)24-10-11-26-14-25-20(13-21(26)27)17-6-8-18(23)9-7-17/h3-9,12-14,16H,10-11H2,1-2H3,(H,24,28). The molecule has 1 N–H and O–H groups in total. The van der Waals surface area contributed by atoms with Crippen LogP contribution in [0, 0.1) is 12.7 Å². The summed E-state index contributed by atoms with van der Waals surface area (Å²) in [5.41, 5.74) is 1.92. The Morgan fingerprint density at radius 1 is 1.21 bits per heavy atom. The number of hydrogen-bond donors (Lipinski definition) is 1. The molecule has 3 aromatic rings. The van der Waals surface area contributed by atoms with Crippen molar-refractivity contribution in [3.63, 3.8) is 0 Å². The second-order valence-electron chi connectivity index (χ2n) is 6.68. The molecule has 7 heteroatoms. The molecule has 0 radical (unpaired) electrons. The lowest BCUT2D eigenvalue weighted by Crippen LogP contribution is -2.38. The number of benzene rings is 2. The van der Waals surface area contributed by atoms with E-state index in [-0.39, 0.29) is 30.4 Å². The van der Waals surface area contributed by atoms with E-state index >= 15 is 0 Å². The van der Waals surface area contributed by atoms with Crippen molar-refractivity contribution < 1.29 is 13.9 Å². The molecule has 0 aliphatic heterocycles. The summed E-state index contributed by atoms with van der Waals surface area (Å²) < 4.78 is 20.1. The number of aryl methyl sites for hydroxylation is 1. The summed E-state index contributed by atoms with van der Waals surface area (Å²) in [6, 6.07) is 14.6. The normalized spacial score (nSPS) is 11.7. The van der Waals surface area contributed by atoms with Gasteiger partial charge in [0.1, 0.15) is 11.6 Å². The lowest BCUT2D eigenvalue weighted by molar-refractivity contribution is -0.127. The van der Waals surface area contributed by atoms with E-state index in [9.17, 15) is 14.0 Å². The predicted molar refractivity (Wildman–Crippen MR) is 108 cm³/mol. The van der Waals surface area contributed by atoms with Gasteiger partial charge in [-0.1, -0.05) is 12.1 Å². The lowest BCUT2D eigenvalue weighted by atomic mass is 10.1. The van der Waals surface area contributed by atoms with Gasteiger partial charge in [-0.3, -0.25) is 14.2 Å². The van der Waals surface area contributed by atoms with Gasteiger partial charge in [0, 0.05) is 24.7 Å². The Hall–Kier alpha value is -3.48. The molecule has 0 saturated carbocycles. The zero-order valence-corrected chi connectivity index (χ0v) is 16.3. The first kappa shape index (κ1) is 20.3. The van der Waals surface area contributed by atoms with Crippen LogP contribution in [-0.4, -0.2) is 28.1 Å². The highest BCUT2D eigenvalue weighted by molar-refractivity contribution is 5.80. The van der Waals surface area contributed by atoms with E-state index in [1.165, 1.54) is 29.1 Å². The quantitative estimate of drug-likeness (QED) is 0.668. The van der Waals surface area contributed by atoms with Crippen molar-refractivity contribution in [3.8, 4) is 17.0 Å². The fourth-order valence-electron chi connectivity index (χ4n) is 2.76. The Bertz CT molecular complexity index is 1050. The maximum absolute atomic E-state index is 13.0. The maximum atomic E-state index is 13.0. The monoisotopic (exact) mass is 395 g/mol. The molecule has 6 nitrogen and oxygen atoms in total. The molecular formula is C22H22FN3O3. The highest BCUT2D eigenvalue weighted by atomic mass is 19.1. The molecular weight excluding hydrogens is 373 g/mol. The summed E-state index contributed by atoms with van der Waals surface area (Å²) in [4.78, 5) is 28.7. The Labute approximate surface area is 168 Å². The number of aromatic nitrogens is 2. The minimum atomic E-state index is -0.660. The molecule has 2 aromatic carbocycles. The fourth-order valence-corrected chi connectivity index (χ4v) is 2.76. The molecule has 1 atom stereocenters.